The highest BCUT2D eigenvalue weighted by atomic mass is 32.2. The smallest absolute Gasteiger partial charge is 0.263 e. The lowest BCUT2D eigenvalue weighted by Crippen LogP contribution is -2.35. The average molecular weight is 436 g/mol. The lowest BCUT2D eigenvalue weighted by atomic mass is 10.1. The highest BCUT2D eigenvalue weighted by Crippen LogP contribution is 2.33. The van der Waals surface area contributed by atoms with Crippen LogP contribution in [0.3, 0.4) is 0 Å². The molecule has 2 aromatic rings. The van der Waals surface area contributed by atoms with Gasteiger partial charge < -0.3 is 10.1 Å². The Labute approximate surface area is 179 Å². The molecule has 0 bridgehead atoms. The zero-order valence-electron chi connectivity index (χ0n) is 17.3. The Morgan fingerprint density at radius 1 is 1.41 bits per heavy atom. The predicted octanol–water partition coefficient (Wildman–Crippen LogP) is 3.51. The molecule has 0 radical (unpaired) electrons. The predicted molar refractivity (Wildman–Crippen MR) is 118 cm³/mol. The minimum Gasteiger partial charge on any atom is -0.376 e. The summed E-state index contributed by atoms with van der Waals surface area (Å²) in [6.07, 6.45) is 5.24. The van der Waals surface area contributed by atoms with Gasteiger partial charge >= 0.3 is 0 Å². The molecule has 1 aliphatic carbocycles. The summed E-state index contributed by atoms with van der Waals surface area (Å²) in [5.41, 5.74) is 1.09. The van der Waals surface area contributed by atoms with E-state index in [1.54, 1.807) is 15.9 Å². The number of thiophene rings is 1. The minimum absolute atomic E-state index is 0.000886. The van der Waals surface area contributed by atoms with Gasteiger partial charge in [-0.2, -0.15) is 0 Å². The summed E-state index contributed by atoms with van der Waals surface area (Å²) in [6.45, 7) is 7.44. The average Bonchev–Trinajstić information content (AvgIpc) is 3.32. The Hall–Kier alpha value is -1.38. The number of aromatic nitrogens is 2. The van der Waals surface area contributed by atoms with Crippen LogP contribution in [-0.4, -0.2) is 40.0 Å². The molecule has 8 heteroatoms. The molecule has 158 valence electrons. The van der Waals surface area contributed by atoms with Crippen molar-refractivity contribution in [2.75, 3.05) is 12.4 Å². The van der Waals surface area contributed by atoms with Gasteiger partial charge in [0, 0.05) is 17.5 Å². The summed E-state index contributed by atoms with van der Waals surface area (Å²) in [4.78, 5) is 32.6. The summed E-state index contributed by atoms with van der Waals surface area (Å²) in [5, 5.41) is 4.44. The fourth-order valence-corrected chi connectivity index (χ4v) is 6.03. The maximum atomic E-state index is 13.4. The third-order valence-corrected chi connectivity index (χ3v) is 7.91. The molecule has 2 aliphatic rings. The molecule has 0 aromatic carbocycles. The fourth-order valence-electron chi connectivity index (χ4n) is 4.06. The third kappa shape index (κ3) is 4.54. The van der Waals surface area contributed by atoms with E-state index in [4.69, 9.17) is 9.72 Å². The van der Waals surface area contributed by atoms with Crippen LogP contribution in [0.15, 0.2) is 9.95 Å². The number of carbonyl (C=O) groups excluding carboxylic acids is 1. The maximum absolute atomic E-state index is 13.4. The van der Waals surface area contributed by atoms with Crippen molar-refractivity contribution in [1.82, 2.24) is 14.9 Å². The molecule has 1 saturated heterocycles. The third-order valence-electron chi connectivity index (χ3n) is 5.89. The molecule has 1 amide bonds. The van der Waals surface area contributed by atoms with Crippen LogP contribution in [-0.2, 0) is 22.5 Å². The first-order valence-electron chi connectivity index (χ1n) is 10.5. The number of nitrogens with one attached hydrogen (secondary N) is 1. The van der Waals surface area contributed by atoms with Gasteiger partial charge in [-0.05, 0) is 57.4 Å². The van der Waals surface area contributed by atoms with E-state index in [-0.39, 0.29) is 29.4 Å². The topological polar surface area (TPSA) is 73.2 Å². The lowest BCUT2D eigenvalue weighted by molar-refractivity contribution is -0.119. The molecule has 6 nitrogen and oxygen atoms in total. The van der Waals surface area contributed by atoms with E-state index in [1.165, 1.54) is 24.6 Å². The van der Waals surface area contributed by atoms with Crippen molar-refractivity contribution in [3.05, 3.63) is 20.8 Å². The normalized spacial score (nSPS) is 20.3. The Bertz CT molecular complexity index is 958. The number of hydrogen-bond acceptors (Lipinski definition) is 6. The van der Waals surface area contributed by atoms with E-state index in [2.05, 4.69) is 26.1 Å². The van der Waals surface area contributed by atoms with E-state index in [9.17, 15) is 9.59 Å². The first-order valence-corrected chi connectivity index (χ1v) is 12.3. The van der Waals surface area contributed by atoms with Gasteiger partial charge in [0.1, 0.15) is 4.83 Å². The zero-order valence-corrected chi connectivity index (χ0v) is 19.0. The number of fused-ring (bicyclic) bond motifs is 1. The molecule has 0 spiro atoms. The molecule has 29 heavy (non-hydrogen) atoms. The number of ether oxygens (including phenoxy) is 1. The molecular weight excluding hydrogens is 406 g/mol. The molecule has 2 atom stereocenters. The largest absolute Gasteiger partial charge is 0.376 e. The molecule has 1 saturated carbocycles. The molecule has 2 fully saturated rings. The Morgan fingerprint density at radius 2 is 2.21 bits per heavy atom. The first kappa shape index (κ1) is 20.9. The van der Waals surface area contributed by atoms with Gasteiger partial charge in [0.2, 0.25) is 5.91 Å². The molecule has 2 unspecified atom stereocenters. The van der Waals surface area contributed by atoms with Crippen molar-refractivity contribution >= 4 is 39.2 Å². The SMILES string of the molecule is CCc1c(C)sc2nc(SCC(=O)NC(C)C3CC3)n(CC3CCCO3)c(=O)c12. The van der Waals surface area contributed by atoms with Gasteiger partial charge in [-0.25, -0.2) is 4.98 Å². The molecular formula is C21H29N3O3S2. The maximum Gasteiger partial charge on any atom is 0.263 e. The van der Waals surface area contributed by atoms with Crippen LogP contribution in [0.5, 0.6) is 0 Å². The van der Waals surface area contributed by atoms with Gasteiger partial charge in [0.15, 0.2) is 5.16 Å². The number of rotatable bonds is 8. The number of amides is 1. The van der Waals surface area contributed by atoms with Crippen LogP contribution in [0.4, 0.5) is 0 Å². The van der Waals surface area contributed by atoms with E-state index >= 15 is 0 Å². The molecule has 4 rings (SSSR count). The Morgan fingerprint density at radius 3 is 2.86 bits per heavy atom. The summed E-state index contributed by atoms with van der Waals surface area (Å²) in [5.74, 6) is 0.896. The van der Waals surface area contributed by atoms with Gasteiger partial charge in [-0.15, -0.1) is 11.3 Å². The molecule has 1 N–H and O–H groups in total. The molecule has 1 aliphatic heterocycles. The van der Waals surface area contributed by atoms with Gasteiger partial charge in [-0.1, -0.05) is 18.7 Å². The van der Waals surface area contributed by atoms with Crippen LogP contribution in [0.25, 0.3) is 10.2 Å². The summed E-state index contributed by atoms with van der Waals surface area (Å²) in [6, 6.07) is 0.222. The fraction of sp³-hybridized carbons (Fsp3) is 0.667. The summed E-state index contributed by atoms with van der Waals surface area (Å²) in [7, 11) is 0. The standard InChI is InChI=1S/C21H29N3O3S2/c1-4-16-13(3)29-19-18(16)20(26)24(10-15-6-5-9-27-15)21(23-19)28-11-17(25)22-12(2)14-7-8-14/h12,14-15H,4-11H2,1-3H3,(H,22,25). The van der Waals surface area contributed by atoms with E-state index in [0.29, 0.717) is 17.6 Å². The summed E-state index contributed by atoms with van der Waals surface area (Å²) < 4.78 is 7.52. The second-order valence-electron chi connectivity index (χ2n) is 8.10. The number of thioether (sulfide) groups is 1. The highest BCUT2D eigenvalue weighted by molar-refractivity contribution is 7.99. The first-order chi connectivity index (χ1) is 14.0. The zero-order chi connectivity index (χ0) is 20.5. The number of carbonyl (C=O) groups is 1. The van der Waals surface area contributed by atoms with Crippen LogP contribution < -0.4 is 10.9 Å². The number of nitrogens with zero attached hydrogens (tertiary/aromatic N) is 2. The van der Waals surface area contributed by atoms with Crippen molar-refractivity contribution < 1.29 is 9.53 Å². The van der Waals surface area contributed by atoms with Crippen LogP contribution in [0.1, 0.15) is 50.0 Å². The van der Waals surface area contributed by atoms with Gasteiger partial charge in [0.05, 0.1) is 23.8 Å². The highest BCUT2D eigenvalue weighted by Gasteiger charge is 2.29. The second-order valence-corrected chi connectivity index (χ2v) is 10.2. The molecule has 3 heterocycles. The minimum atomic E-state index is 0.000886. The van der Waals surface area contributed by atoms with E-state index in [0.717, 1.165) is 46.5 Å². The van der Waals surface area contributed by atoms with Crippen molar-refractivity contribution in [1.29, 1.82) is 0 Å². The van der Waals surface area contributed by atoms with Crippen molar-refractivity contribution in [3.63, 3.8) is 0 Å². The van der Waals surface area contributed by atoms with E-state index < -0.39 is 0 Å². The Kier molecular flexibility index (Phi) is 6.32. The number of hydrogen-bond donors (Lipinski definition) is 1. The monoisotopic (exact) mass is 435 g/mol. The summed E-state index contributed by atoms with van der Waals surface area (Å²) >= 11 is 2.93. The van der Waals surface area contributed by atoms with Crippen molar-refractivity contribution in [2.45, 2.75) is 76.7 Å². The van der Waals surface area contributed by atoms with Crippen molar-refractivity contribution in [3.8, 4) is 0 Å². The van der Waals surface area contributed by atoms with E-state index in [1.807, 2.05) is 0 Å². The Balaban J connectivity index is 1.61. The van der Waals surface area contributed by atoms with Crippen molar-refractivity contribution in [2.24, 2.45) is 5.92 Å². The van der Waals surface area contributed by atoms with Crippen LogP contribution in [0, 0.1) is 12.8 Å². The van der Waals surface area contributed by atoms with Gasteiger partial charge in [0.25, 0.3) is 5.56 Å². The quantitative estimate of drug-likeness (QED) is 0.507. The van der Waals surface area contributed by atoms with Gasteiger partial charge in [-0.3, -0.25) is 14.2 Å². The number of aryl methyl sites for hydroxylation is 2. The lowest BCUT2D eigenvalue weighted by Gasteiger charge is -2.16. The second kappa shape index (κ2) is 8.78. The van der Waals surface area contributed by atoms with Crippen LogP contribution >= 0.6 is 23.1 Å². The van der Waals surface area contributed by atoms with Crippen LogP contribution in [0.2, 0.25) is 0 Å². The molecule has 2 aromatic heterocycles.